The molecule has 0 N–H and O–H groups in total. The summed E-state index contributed by atoms with van der Waals surface area (Å²) in [6.07, 6.45) is 0. The normalized spacial score (nSPS) is 10.8. The molecule has 0 spiro atoms. The molecule has 1 aromatic heterocycles. The third-order valence-corrected chi connectivity index (χ3v) is 3.03. The molecule has 0 aliphatic rings. The van der Waals surface area contributed by atoms with E-state index in [9.17, 15) is 0 Å². The van der Waals surface area contributed by atoms with Gasteiger partial charge in [-0.1, -0.05) is 36.4 Å². The minimum absolute atomic E-state index is 0.965. The van der Waals surface area contributed by atoms with Crippen LogP contribution >= 0.6 is 12.6 Å². The van der Waals surface area contributed by atoms with Gasteiger partial charge in [0.2, 0.25) is 0 Å². The van der Waals surface area contributed by atoms with Crippen molar-refractivity contribution in [1.82, 2.24) is 4.57 Å². The number of fused-ring (bicyclic) bond motifs is 1. The van der Waals surface area contributed by atoms with Crippen LogP contribution in [0.1, 0.15) is 0 Å². The van der Waals surface area contributed by atoms with Gasteiger partial charge in [0, 0.05) is 11.1 Å². The lowest BCUT2D eigenvalue weighted by molar-refractivity contribution is 0.997. The summed E-state index contributed by atoms with van der Waals surface area (Å²) in [5, 5.41) is 2.18. The van der Waals surface area contributed by atoms with Gasteiger partial charge in [0.15, 0.2) is 0 Å². The summed E-state index contributed by atoms with van der Waals surface area (Å²) in [4.78, 5) is 0. The largest absolute Gasteiger partial charge is 0.304 e. The molecule has 1 nitrogen and oxygen atoms in total. The van der Waals surface area contributed by atoms with Gasteiger partial charge in [-0.25, -0.2) is 0 Å². The first-order valence-corrected chi connectivity index (χ1v) is 5.66. The molecule has 78 valence electrons. The zero-order valence-corrected chi connectivity index (χ0v) is 9.56. The van der Waals surface area contributed by atoms with E-state index in [0.717, 1.165) is 10.7 Å². The second kappa shape index (κ2) is 3.72. The maximum absolute atomic E-state index is 4.53. The fourth-order valence-electron chi connectivity index (χ4n) is 1.99. The van der Waals surface area contributed by atoms with E-state index in [1.165, 1.54) is 10.9 Å². The molecule has 0 radical (unpaired) electrons. The molecule has 0 saturated carbocycles. The van der Waals surface area contributed by atoms with Crippen LogP contribution in [0.2, 0.25) is 0 Å². The predicted molar refractivity (Wildman–Crippen MR) is 70.5 cm³/mol. The Morgan fingerprint density at radius 3 is 2.31 bits per heavy atom. The lowest BCUT2D eigenvalue weighted by Gasteiger charge is -2.06. The van der Waals surface area contributed by atoms with Gasteiger partial charge in [-0.3, -0.25) is 0 Å². The molecule has 0 amide bonds. The van der Waals surface area contributed by atoms with Crippen molar-refractivity contribution >= 4 is 23.5 Å². The van der Waals surface area contributed by atoms with Crippen LogP contribution in [0, 0.1) is 0 Å². The number of nitrogens with zero attached hydrogens (tertiary/aromatic N) is 1. The molecule has 0 aliphatic heterocycles. The molecule has 0 atom stereocenters. The number of hydrogen-bond acceptors (Lipinski definition) is 1. The van der Waals surface area contributed by atoms with E-state index in [-0.39, 0.29) is 0 Å². The monoisotopic (exact) mass is 225 g/mol. The standard InChI is InChI=1S/C14H11NS/c16-14-10-11-6-4-5-9-13(11)15(14)12-7-2-1-3-8-12/h1-10,16H. The van der Waals surface area contributed by atoms with Gasteiger partial charge in [0.05, 0.1) is 10.5 Å². The Bertz CT molecular complexity index is 626. The Kier molecular flexibility index (Phi) is 2.22. The van der Waals surface area contributed by atoms with Crippen LogP contribution in [0.25, 0.3) is 16.6 Å². The Labute approximate surface area is 99.7 Å². The first-order chi connectivity index (χ1) is 7.86. The molecule has 0 unspecified atom stereocenters. The summed E-state index contributed by atoms with van der Waals surface area (Å²) >= 11 is 4.53. The predicted octanol–water partition coefficient (Wildman–Crippen LogP) is 3.92. The van der Waals surface area contributed by atoms with Crippen molar-refractivity contribution in [2.45, 2.75) is 5.03 Å². The van der Waals surface area contributed by atoms with Crippen LogP contribution in [0.5, 0.6) is 0 Å². The van der Waals surface area contributed by atoms with Crippen molar-refractivity contribution in [1.29, 1.82) is 0 Å². The van der Waals surface area contributed by atoms with Gasteiger partial charge in [-0.15, -0.1) is 12.6 Å². The van der Waals surface area contributed by atoms with Crippen molar-refractivity contribution in [3.63, 3.8) is 0 Å². The molecule has 1 heterocycles. The van der Waals surface area contributed by atoms with Crippen molar-refractivity contribution in [2.24, 2.45) is 0 Å². The van der Waals surface area contributed by atoms with E-state index in [4.69, 9.17) is 0 Å². The summed E-state index contributed by atoms with van der Waals surface area (Å²) in [5.74, 6) is 0. The summed E-state index contributed by atoms with van der Waals surface area (Å²) < 4.78 is 2.15. The number of hydrogen-bond donors (Lipinski definition) is 1. The molecule has 0 aliphatic carbocycles. The summed E-state index contributed by atoms with van der Waals surface area (Å²) in [5.41, 5.74) is 2.34. The first kappa shape index (κ1) is 9.55. The van der Waals surface area contributed by atoms with Gasteiger partial charge in [-0.2, -0.15) is 0 Å². The quantitative estimate of drug-likeness (QED) is 0.599. The Hall–Kier alpha value is -1.67. The minimum atomic E-state index is 0.965. The van der Waals surface area contributed by atoms with E-state index in [1.54, 1.807) is 0 Å². The van der Waals surface area contributed by atoms with E-state index in [0.29, 0.717) is 0 Å². The second-order valence-electron chi connectivity index (χ2n) is 3.73. The number of aromatic nitrogens is 1. The summed E-state index contributed by atoms with van der Waals surface area (Å²) in [7, 11) is 0. The smallest absolute Gasteiger partial charge is 0.0774 e. The van der Waals surface area contributed by atoms with Gasteiger partial charge in [0.25, 0.3) is 0 Å². The lowest BCUT2D eigenvalue weighted by Crippen LogP contribution is -1.92. The van der Waals surface area contributed by atoms with Crippen LogP contribution in [-0.4, -0.2) is 4.57 Å². The molecular weight excluding hydrogens is 214 g/mol. The van der Waals surface area contributed by atoms with Crippen LogP contribution in [0.3, 0.4) is 0 Å². The summed E-state index contributed by atoms with van der Waals surface area (Å²) in [6.45, 7) is 0. The maximum atomic E-state index is 4.53. The number of para-hydroxylation sites is 2. The Morgan fingerprint density at radius 2 is 1.50 bits per heavy atom. The fraction of sp³-hybridized carbons (Fsp3) is 0. The highest BCUT2D eigenvalue weighted by Crippen LogP contribution is 2.26. The topological polar surface area (TPSA) is 4.93 Å². The van der Waals surface area contributed by atoms with Crippen LogP contribution in [-0.2, 0) is 0 Å². The second-order valence-corrected chi connectivity index (χ2v) is 4.19. The van der Waals surface area contributed by atoms with Crippen LogP contribution in [0.4, 0.5) is 0 Å². The third-order valence-electron chi connectivity index (χ3n) is 2.71. The van der Waals surface area contributed by atoms with Crippen molar-refractivity contribution in [3.8, 4) is 5.69 Å². The van der Waals surface area contributed by atoms with Gasteiger partial charge < -0.3 is 4.57 Å². The molecule has 3 rings (SSSR count). The average Bonchev–Trinajstić information content (AvgIpc) is 2.66. The van der Waals surface area contributed by atoms with E-state index in [2.05, 4.69) is 53.6 Å². The molecule has 2 heteroatoms. The summed E-state index contributed by atoms with van der Waals surface area (Å²) in [6, 6.07) is 20.7. The highest BCUT2D eigenvalue weighted by atomic mass is 32.1. The maximum Gasteiger partial charge on any atom is 0.0774 e. The molecule has 0 bridgehead atoms. The average molecular weight is 225 g/mol. The molecule has 0 saturated heterocycles. The molecule has 16 heavy (non-hydrogen) atoms. The van der Waals surface area contributed by atoms with Gasteiger partial charge in [-0.05, 0) is 24.3 Å². The Morgan fingerprint density at radius 1 is 0.812 bits per heavy atom. The first-order valence-electron chi connectivity index (χ1n) is 5.21. The van der Waals surface area contributed by atoms with Crippen molar-refractivity contribution in [3.05, 3.63) is 60.7 Å². The van der Waals surface area contributed by atoms with Crippen LogP contribution < -0.4 is 0 Å². The molecule has 3 aromatic rings. The van der Waals surface area contributed by atoms with E-state index in [1.807, 2.05) is 24.3 Å². The van der Waals surface area contributed by atoms with E-state index >= 15 is 0 Å². The zero-order valence-electron chi connectivity index (χ0n) is 8.67. The zero-order chi connectivity index (χ0) is 11.0. The Balaban J connectivity index is 2.35. The van der Waals surface area contributed by atoms with Gasteiger partial charge in [0.1, 0.15) is 0 Å². The lowest BCUT2D eigenvalue weighted by atomic mass is 10.2. The fourth-order valence-corrected chi connectivity index (χ4v) is 2.35. The SMILES string of the molecule is Sc1cc2ccccc2n1-c1ccccc1. The minimum Gasteiger partial charge on any atom is -0.304 e. The number of thiol groups is 1. The van der Waals surface area contributed by atoms with Crippen molar-refractivity contribution < 1.29 is 0 Å². The molecular formula is C14H11NS. The van der Waals surface area contributed by atoms with E-state index < -0.39 is 0 Å². The highest BCUT2D eigenvalue weighted by Gasteiger charge is 2.06. The van der Waals surface area contributed by atoms with Crippen LogP contribution in [0.15, 0.2) is 65.7 Å². The highest BCUT2D eigenvalue weighted by molar-refractivity contribution is 7.80. The number of benzene rings is 2. The molecule has 0 fully saturated rings. The molecule has 2 aromatic carbocycles. The number of rotatable bonds is 1. The van der Waals surface area contributed by atoms with Gasteiger partial charge >= 0.3 is 0 Å². The van der Waals surface area contributed by atoms with Crippen molar-refractivity contribution in [2.75, 3.05) is 0 Å². The third kappa shape index (κ3) is 1.42.